The summed E-state index contributed by atoms with van der Waals surface area (Å²) in [6.45, 7) is 4.36. The summed E-state index contributed by atoms with van der Waals surface area (Å²) in [7, 11) is 0. The van der Waals surface area contributed by atoms with Crippen LogP contribution in [-0.2, 0) is 13.1 Å². The summed E-state index contributed by atoms with van der Waals surface area (Å²) in [4.78, 5) is 43.7. The van der Waals surface area contributed by atoms with Gasteiger partial charge in [0.05, 0.1) is 18.2 Å². The number of rotatable bonds is 7. The van der Waals surface area contributed by atoms with E-state index in [-0.39, 0.29) is 19.0 Å². The van der Waals surface area contributed by atoms with Crippen molar-refractivity contribution >= 4 is 49.6 Å². The van der Waals surface area contributed by atoms with E-state index in [2.05, 4.69) is 26.2 Å². The molecule has 0 aliphatic rings. The van der Waals surface area contributed by atoms with E-state index in [0.717, 1.165) is 27.0 Å². The Hall–Kier alpha value is -2.95. The van der Waals surface area contributed by atoms with Crippen LogP contribution in [0.4, 0.5) is 0 Å². The number of halogens is 2. The quantitative estimate of drug-likeness (QED) is 0.367. The predicted molar refractivity (Wildman–Crippen MR) is 135 cm³/mol. The van der Waals surface area contributed by atoms with E-state index in [1.165, 1.54) is 10.6 Å². The molecule has 0 bridgehead atoms. The molecule has 4 rings (SSSR count). The molecule has 176 valence electrons. The molecule has 0 saturated carbocycles. The summed E-state index contributed by atoms with van der Waals surface area (Å²) in [5.41, 5.74) is 1.06. The van der Waals surface area contributed by atoms with Gasteiger partial charge in [-0.3, -0.25) is 18.6 Å². The molecule has 4 aromatic rings. The molecule has 0 spiro atoms. The largest absolute Gasteiger partial charge is 0.478 e. The number of nitrogens with zero attached hydrogens (tertiary/aromatic N) is 3. The van der Waals surface area contributed by atoms with Gasteiger partial charge in [0.25, 0.3) is 11.5 Å². The Labute approximate surface area is 211 Å². The molecule has 0 saturated heterocycles. The molecule has 34 heavy (non-hydrogen) atoms. The second-order valence-electron chi connectivity index (χ2n) is 7.44. The van der Waals surface area contributed by atoms with Crippen LogP contribution < -0.4 is 21.3 Å². The molecule has 0 unspecified atom stereocenters. The highest BCUT2D eigenvalue weighted by Crippen LogP contribution is 2.24. The van der Waals surface area contributed by atoms with Gasteiger partial charge in [0.1, 0.15) is 9.71 Å². The lowest BCUT2D eigenvalue weighted by Crippen LogP contribution is -2.38. The molecular weight excluding hydrogens is 544 g/mol. The third-order valence-corrected chi connectivity index (χ3v) is 7.51. The maximum atomic E-state index is 13.1. The molecule has 11 heteroatoms. The van der Waals surface area contributed by atoms with Crippen molar-refractivity contribution in [2.24, 2.45) is 0 Å². The zero-order valence-electron chi connectivity index (χ0n) is 18.3. The van der Waals surface area contributed by atoms with Gasteiger partial charge in [-0.25, -0.2) is 9.78 Å². The number of aryl methyl sites for hydroxylation is 1. The first-order chi connectivity index (χ1) is 16.3. The van der Waals surface area contributed by atoms with Gasteiger partial charge in [-0.05, 0) is 59.1 Å². The highest BCUT2D eigenvalue weighted by Gasteiger charge is 2.18. The van der Waals surface area contributed by atoms with Crippen molar-refractivity contribution in [2.45, 2.75) is 26.9 Å². The summed E-state index contributed by atoms with van der Waals surface area (Å²) in [5.74, 6) is 0.140. The molecule has 1 amide bonds. The SMILES string of the molecule is CCOc1cc(CNC(=O)c2cn3c(=O)n(Cc4ccc(Cl)c(Br)c4)c(=O)c(C)c3s2)ccn1. The first-order valence-electron chi connectivity index (χ1n) is 10.3. The van der Waals surface area contributed by atoms with Gasteiger partial charge < -0.3 is 10.1 Å². The molecule has 0 aliphatic carbocycles. The topological polar surface area (TPSA) is 94.7 Å². The van der Waals surface area contributed by atoms with E-state index in [1.807, 2.05) is 6.92 Å². The van der Waals surface area contributed by atoms with Gasteiger partial charge >= 0.3 is 5.69 Å². The highest BCUT2D eigenvalue weighted by atomic mass is 79.9. The fourth-order valence-corrected chi connectivity index (χ4v) is 4.93. The van der Waals surface area contributed by atoms with Gasteiger partial charge in [-0.1, -0.05) is 17.7 Å². The Morgan fingerprint density at radius 3 is 2.76 bits per heavy atom. The zero-order chi connectivity index (χ0) is 24.4. The van der Waals surface area contributed by atoms with Crippen LogP contribution in [0, 0.1) is 6.92 Å². The molecule has 0 atom stereocenters. The third kappa shape index (κ3) is 4.94. The molecule has 3 heterocycles. The number of nitrogens with one attached hydrogen (secondary N) is 1. The Bertz CT molecular complexity index is 1510. The molecule has 8 nitrogen and oxygen atoms in total. The van der Waals surface area contributed by atoms with Gasteiger partial charge in [0.15, 0.2) is 0 Å². The summed E-state index contributed by atoms with van der Waals surface area (Å²) < 4.78 is 8.56. The number of ether oxygens (including phenoxy) is 1. The minimum Gasteiger partial charge on any atom is -0.478 e. The van der Waals surface area contributed by atoms with Crippen molar-refractivity contribution in [3.05, 3.63) is 94.6 Å². The van der Waals surface area contributed by atoms with Crippen molar-refractivity contribution < 1.29 is 9.53 Å². The molecule has 0 fully saturated rings. The summed E-state index contributed by atoms with van der Waals surface area (Å²) in [6.07, 6.45) is 3.08. The Morgan fingerprint density at radius 1 is 1.24 bits per heavy atom. The van der Waals surface area contributed by atoms with Crippen LogP contribution in [0.2, 0.25) is 5.02 Å². The summed E-state index contributed by atoms with van der Waals surface area (Å²) in [6, 6.07) is 8.75. The second-order valence-corrected chi connectivity index (χ2v) is 9.73. The number of carbonyl (C=O) groups excluding carboxylic acids is 1. The number of hydrogen-bond donors (Lipinski definition) is 1. The van der Waals surface area contributed by atoms with Gasteiger partial charge in [0, 0.05) is 35.0 Å². The number of amides is 1. The number of carbonyl (C=O) groups is 1. The zero-order valence-corrected chi connectivity index (χ0v) is 21.5. The smallest absolute Gasteiger partial charge is 0.336 e. The van der Waals surface area contributed by atoms with E-state index < -0.39 is 11.2 Å². The Balaban J connectivity index is 1.61. The van der Waals surface area contributed by atoms with E-state index in [9.17, 15) is 14.4 Å². The van der Waals surface area contributed by atoms with E-state index in [0.29, 0.717) is 37.3 Å². The standard InChI is InChI=1S/C23H20BrClN4O4S/c1-3-33-19-9-14(6-7-26-19)10-27-20(30)18-12-29-22(34-18)13(2)21(31)28(23(29)32)11-15-4-5-17(25)16(24)8-15/h4-9,12H,3,10-11H2,1-2H3,(H,27,30). The molecule has 1 aromatic carbocycles. The fourth-order valence-electron chi connectivity index (χ4n) is 3.39. The molecule has 0 aliphatic heterocycles. The van der Waals surface area contributed by atoms with Crippen LogP contribution in [0.1, 0.15) is 33.3 Å². The van der Waals surface area contributed by atoms with E-state index in [1.54, 1.807) is 43.5 Å². The van der Waals surface area contributed by atoms with Crippen molar-refractivity contribution in [3.63, 3.8) is 0 Å². The predicted octanol–water partition coefficient (Wildman–Crippen LogP) is 4.02. The average Bonchev–Trinajstić information content (AvgIpc) is 3.28. The van der Waals surface area contributed by atoms with Gasteiger partial charge in [-0.15, -0.1) is 11.3 Å². The lowest BCUT2D eigenvalue weighted by atomic mass is 10.2. The third-order valence-electron chi connectivity index (χ3n) is 5.09. The summed E-state index contributed by atoms with van der Waals surface area (Å²) >= 11 is 10.5. The first kappa shape index (κ1) is 24.2. The number of pyridine rings is 1. The number of thiazole rings is 1. The van der Waals surface area contributed by atoms with Crippen LogP contribution in [0.5, 0.6) is 5.88 Å². The van der Waals surface area contributed by atoms with Crippen LogP contribution in [-0.4, -0.2) is 26.5 Å². The lowest BCUT2D eigenvalue weighted by molar-refractivity contribution is 0.0954. The molecule has 0 radical (unpaired) electrons. The number of fused-ring (bicyclic) bond motifs is 1. The normalized spacial score (nSPS) is 11.1. The van der Waals surface area contributed by atoms with Crippen LogP contribution in [0.15, 0.2) is 56.8 Å². The Morgan fingerprint density at radius 2 is 2.03 bits per heavy atom. The summed E-state index contributed by atoms with van der Waals surface area (Å²) in [5, 5.41) is 3.37. The minimum atomic E-state index is -0.512. The lowest BCUT2D eigenvalue weighted by Gasteiger charge is -2.08. The van der Waals surface area contributed by atoms with Crippen LogP contribution >= 0.6 is 38.9 Å². The molecule has 3 aromatic heterocycles. The van der Waals surface area contributed by atoms with Crippen molar-refractivity contribution in [3.8, 4) is 5.88 Å². The highest BCUT2D eigenvalue weighted by molar-refractivity contribution is 9.10. The van der Waals surface area contributed by atoms with Crippen molar-refractivity contribution in [1.82, 2.24) is 19.3 Å². The Kier molecular flexibility index (Phi) is 7.20. The van der Waals surface area contributed by atoms with Crippen LogP contribution in [0.3, 0.4) is 0 Å². The molecule has 1 N–H and O–H groups in total. The fraction of sp³-hybridized carbons (Fsp3) is 0.217. The van der Waals surface area contributed by atoms with Crippen molar-refractivity contribution in [2.75, 3.05) is 6.61 Å². The molecular formula is C23H20BrClN4O4S. The average molecular weight is 564 g/mol. The van der Waals surface area contributed by atoms with Crippen molar-refractivity contribution in [1.29, 1.82) is 0 Å². The van der Waals surface area contributed by atoms with Crippen LogP contribution in [0.25, 0.3) is 4.83 Å². The second kappa shape index (κ2) is 10.1. The maximum absolute atomic E-state index is 13.1. The monoisotopic (exact) mass is 562 g/mol. The van der Waals surface area contributed by atoms with E-state index in [4.69, 9.17) is 16.3 Å². The minimum absolute atomic E-state index is 0.0821. The first-order valence-corrected chi connectivity index (χ1v) is 12.3. The maximum Gasteiger partial charge on any atom is 0.336 e. The number of aromatic nitrogens is 3. The van der Waals surface area contributed by atoms with Gasteiger partial charge in [-0.2, -0.15) is 0 Å². The number of benzene rings is 1. The number of hydrogen-bond acceptors (Lipinski definition) is 6. The van der Waals surface area contributed by atoms with Gasteiger partial charge in [0.2, 0.25) is 5.88 Å². The van der Waals surface area contributed by atoms with E-state index >= 15 is 0 Å².